The molecule has 1 heterocycles. The van der Waals surface area contributed by atoms with Crippen molar-refractivity contribution < 1.29 is 9.18 Å². The number of hydrogen-bond acceptors (Lipinski definition) is 5. The number of halogens is 1. The number of nitrogens with one attached hydrogen (secondary N) is 1. The number of hydrogen-bond donors (Lipinski definition) is 2. The summed E-state index contributed by atoms with van der Waals surface area (Å²) in [5.41, 5.74) is 5.23. The predicted molar refractivity (Wildman–Crippen MR) is 65.2 cm³/mol. The van der Waals surface area contributed by atoms with Crippen molar-refractivity contribution >= 4 is 23.9 Å². The average Bonchev–Trinajstić information content (AvgIpc) is 2.30. The molecule has 0 fully saturated rings. The molecule has 3 N–H and O–H groups in total. The van der Waals surface area contributed by atoms with Crippen LogP contribution in [0, 0.1) is 5.82 Å². The van der Waals surface area contributed by atoms with Crippen LogP contribution in [0.3, 0.4) is 0 Å². The number of H-pyrrole nitrogens is 1. The van der Waals surface area contributed by atoms with Crippen molar-refractivity contribution in [3.8, 4) is 0 Å². The number of nitrogens with two attached hydrogens (primary N) is 1. The van der Waals surface area contributed by atoms with Crippen LogP contribution in [-0.2, 0) is 0 Å². The third-order valence-electron chi connectivity index (χ3n) is 2.05. The fraction of sp³-hybridized carbons (Fsp3) is 0. The van der Waals surface area contributed by atoms with Crippen LogP contribution in [0.15, 0.2) is 39.1 Å². The summed E-state index contributed by atoms with van der Waals surface area (Å²) >= 11 is 1.03. The van der Waals surface area contributed by atoms with Gasteiger partial charge in [-0.05, 0) is 18.2 Å². The molecular weight excluding hydrogens is 257 g/mol. The zero-order valence-electron chi connectivity index (χ0n) is 9.01. The normalized spacial score (nSPS) is 10.3. The van der Waals surface area contributed by atoms with Gasteiger partial charge in [0.2, 0.25) is 0 Å². The van der Waals surface area contributed by atoms with Gasteiger partial charge in [-0.3, -0.25) is 9.59 Å². The summed E-state index contributed by atoms with van der Waals surface area (Å²) in [6.07, 6.45) is 0.538. The summed E-state index contributed by atoms with van der Waals surface area (Å²) in [6.45, 7) is 0. The Morgan fingerprint density at radius 1 is 1.39 bits per heavy atom. The van der Waals surface area contributed by atoms with Crippen molar-refractivity contribution in [1.82, 2.24) is 9.97 Å². The number of anilines is 1. The number of aromatic amines is 1. The van der Waals surface area contributed by atoms with Crippen molar-refractivity contribution in [3.63, 3.8) is 0 Å². The van der Waals surface area contributed by atoms with Gasteiger partial charge < -0.3 is 10.7 Å². The van der Waals surface area contributed by atoms with Crippen molar-refractivity contribution in [1.29, 1.82) is 0 Å². The number of nitrogens with zero attached hydrogens (tertiary/aromatic N) is 1. The summed E-state index contributed by atoms with van der Waals surface area (Å²) in [5, 5.41) is 0.245. The van der Waals surface area contributed by atoms with E-state index in [2.05, 4.69) is 9.97 Å². The van der Waals surface area contributed by atoms with Gasteiger partial charge in [0.15, 0.2) is 11.4 Å². The van der Waals surface area contributed by atoms with E-state index < -0.39 is 5.82 Å². The Kier molecular flexibility index (Phi) is 3.42. The van der Waals surface area contributed by atoms with Gasteiger partial charge in [0.1, 0.15) is 11.6 Å². The minimum atomic E-state index is -0.504. The molecule has 7 heteroatoms. The number of rotatable bonds is 3. The Morgan fingerprint density at radius 3 is 2.83 bits per heavy atom. The van der Waals surface area contributed by atoms with Crippen LogP contribution in [0.1, 0.15) is 10.4 Å². The van der Waals surface area contributed by atoms with Crippen molar-refractivity contribution in [2.24, 2.45) is 0 Å². The fourth-order valence-electron chi connectivity index (χ4n) is 1.31. The fourth-order valence-corrected chi connectivity index (χ4v) is 2.18. The lowest BCUT2D eigenvalue weighted by Gasteiger charge is -2.04. The first-order valence-corrected chi connectivity index (χ1v) is 5.69. The predicted octanol–water partition coefficient (Wildman–Crippen LogP) is 1.45. The molecule has 0 saturated heterocycles. The molecule has 18 heavy (non-hydrogen) atoms. The van der Waals surface area contributed by atoms with Crippen LogP contribution in [0.2, 0.25) is 0 Å². The molecule has 0 aliphatic rings. The molecule has 0 amide bonds. The Labute approximate surface area is 105 Å². The standard InChI is InChI=1S/C11H8FN3O2S/c12-7-1-2-8(6(3-7)5-16)18-11-14-9(13)4-10(17)15-11/h1-5H,(H3,13,14,15,17). The smallest absolute Gasteiger partial charge is 0.253 e. The van der Waals surface area contributed by atoms with Gasteiger partial charge in [-0.1, -0.05) is 11.8 Å². The molecule has 2 rings (SSSR count). The molecule has 5 nitrogen and oxygen atoms in total. The van der Waals surface area contributed by atoms with Crippen molar-refractivity contribution in [3.05, 3.63) is 46.0 Å². The lowest BCUT2D eigenvalue weighted by atomic mass is 10.2. The first-order chi connectivity index (χ1) is 8.58. The molecule has 1 aromatic carbocycles. The second kappa shape index (κ2) is 5.01. The van der Waals surface area contributed by atoms with Crippen LogP contribution in [-0.4, -0.2) is 16.3 Å². The highest BCUT2D eigenvalue weighted by atomic mass is 32.2. The highest BCUT2D eigenvalue weighted by Gasteiger charge is 2.07. The zero-order valence-corrected chi connectivity index (χ0v) is 9.83. The summed E-state index contributed by atoms with van der Waals surface area (Å²) in [5.74, 6) is -0.425. The van der Waals surface area contributed by atoms with Gasteiger partial charge in [-0.15, -0.1) is 0 Å². The van der Waals surface area contributed by atoms with Crippen LogP contribution >= 0.6 is 11.8 Å². The van der Waals surface area contributed by atoms with Gasteiger partial charge in [0.05, 0.1) is 0 Å². The summed E-state index contributed by atoms with van der Waals surface area (Å²) in [6, 6.07) is 4.92. The van der Waals surface area contributed by atoms with Crippen LogP contribution in [0.4, 0.5) is 10.2 Å². The Bertz CT molecular complexity index is 657. The van der Waals surface area contributed by atoms with Crippen LogP contribution in [0.25, 0.3) is 0 Å². The minimum Gasteiger partial charge on any atom is -0.383 e. The van der Waals surface area contributed by atoms with Crippen LogP contribution < -0.4 is 11.3 Å². The maximum atomic E-state index is 12.9. The largest absolute Gasteiger partial charge is 0.383 e. The minimum absolute atomic E-state index is 0.0796. The lowest BCUT2D eigenvalue weighted by molar-refractivity contribution is 0.112. The molecule has 0 radical (unpaired) electrons. The molecule has 0 spiro atoms. The van der Waals surface area contributed by atoms with E-state index >= 15 is 0 Å². The van der Waals surface area contributed by atoms with E-state index in [1.807, 2.05) is 0 Å². The number of carbonyl (C=O) groups excluding carboxylic acids is 1. The van der Waals surface area contributed by atoms with E-state index in [1.54, 1.807) is 0 Å². The molecule has 0 saturated carbocycles. The quantitative estimate of drug-likeness (QED) is 0.647. The molecular formula is C11H8FN3O2S. The molecule has 0 aliphatic carbocycles. The van der Waals surface area contributed by atoms with Crippen molar-refractivity contribution in [2.45, 2.75) is 10.1 Å². The monoisotopic (exact) mass is 265 g/mol. The maximum Gasteiger partial charge on any atom is 0.253 e. The number of carbonyl (C=O) groups is 1. The maximum absolute atomic E-state index is 12.9. The van der Waals surface area contributed by atoms with Gasteiger partial charge >= 0.3 is 0 Å². The molecule has 92 valence electrons. The average molecular weight is 265 g/mol. The summed E-state index contributed by atoms with van der Waals surface area (Å²) < 4.78 is 12.9. The Balaban J connectivity index is 2.39. The summed E-state index contributed by atoms with van der Waals surface area (Å²) in [4.78, 5) is 28.9. The molecule has 1 aromatic heterocycles. The van der Waals surface area contributed by atoms with E-state index in [9.17, 15) is 14.0 Å². The highest BCUT2D eigenvalue weighted by Crippen LogP contribution is 2.27. The van der Waals surface area contributed by atoms with Gasteiger partial charge in [-0.25, -0.2) is 9.37 Å². The number of aldehydes is 1. The second-order valence-electron chi connectivity index (χ2n) is 3.38. The number of benzene rings is 1. The van der Waals surface area contributed by atoms with Gasteiger partial charge in [-0.2, -0.15) is 0 Å². The van der Waals surface area contributed by atoms with Crippen molar-refractivity contribution in [2.75, 3.05) is 5.73 Å². The molecule has 0 unspecified atom stereocenters. The first kappa shape index (κ1) is 12.3. The summed E-state index contributed by atoms with van der Waals surface area (Å²) in [7, 11) is 0. The molecule has 2 aromatic rings. The van der Waals surface area contributed by atoms with E-state index in [0.29, 0.717) is 11.2 Å². The molecule has 0 bridgehead atoms. The lowest BCUT2D eigenvalue weighted by Crippen LogP contribution is -2.09. The van der Waals surface area contributed by atoms with E-state index in [-0.39, 0.29) is 22.1 Å². The SMILES string of the molecule is Nc1cc(=O)[nH]c(Sc2ccc(F)cc2C=O)n1. The molecule has 0 atom stereocenters. The van der Waals surface area contributed by atoms with Gasteiger partial charge in [0.25, 0.3) is 5.56 Å². The third kappa shape index (κ3) is 2.75. The third-order valence-corrected chi connectivity index (χ3v) is 3.02. The van der Waals surface area contributed by atoms with E-state index in [0.717, 1.165) is 23.9 Å². The van der Waals surface area contributed by atoms with Gasteiger partial charge in [0, 0.05) is 16.5 Å². The number of nitrogen functional groups attached to an aromatic ring is 1. The second-order valence-corrected chi connectivity index (χ2v) is 4.41. The first-order valence-electron chi connectivity index (χ1n) is 4.88. The van der Waals surface area contributed by atoms with Crippen LogP contribution in [0.5, 0.6) is 0 Å². The zero-order chi connectivity index (χ0) is 13.1. The van der Waals surface area contributed by atoms with E-state index in [1.165, 1.54) is 12.1 Å². The Morgan fingerprint density at radius 2 is 2.17 bits per heavy atom. The topological polar surface area (TPSA) is 88.8 Å². The molecule has 0 aliphatic heterocycles. The van der Waals surface area contributed by atoms with E-state index in [4.69, 9.17) is 5.73 Å². The highest BCUT2D eigenvalue weighted by molar-refractivity contribution is 7.99. The Hall–Kier alpha value is -2.15. The number of aromatic nitrogens is 2.